The van der Waals surface area contributed by atoms with E-state index in [-0.39, 0.29) is 36.0 Å². The highest BCUT2D eigenvalue weighted by atomic mass is 19.2. The minimum atomic E-state index is -1.53. The van der Waals surface area contributed by atoms with E-state index >= 15 is 0 Å². The molecule has 6 heteroatoms. The van der Waals surface area contributed by atoms with E-state index in [0.717, 1.165) is 18.6 Å². The Balaban J connectivity index is 1.95. The summed E-state index contributed by atoms with van der Waals surface area (Å²) >= 11 is 0. The molecule has 1 saturated carbocycles. The molecule has 0 bridgehead atoms. The maximum absolute atomic E-state index is 13.1. The molecule has 0 heterocycles. The van der Waals surface area contributed by atoms with Crippen molar-refractivity contribution in [1.82, 2.24) is 5.32 Å². The van der Waals surface area contributed by atoms with Crippen LogP contribution in [0.2, 0.25) is 0 Å². The molecule has 1 aliphatic carbocycles. The van der Waals surface area contributed by atoms with Gasteiger partial charge in [0.25, 0.3) is 0 Å². The Kier molecular flexibility index (Phi) is 4.88. The summed E-state index contributed by atoms with van der Waals surface area (Å²) in [6.45, 7) is 1.92. The highest BCUT2D eigenvalue weighted by Gasteiger charge is 2.33. The van der Waals surface area contributed by atoms with Gasteiger partial charge in [0.1, 0.15) is 0 Å². The summed E-state index contributed by atoms with van der Waals surface area (Å²) in [6, 6.07) is 1.59. The SMILES string of the molecule is CC[C@H](NC(=O)Cc1cc(F)c(F)c(F)c1)C1CC(O)C1. The third-order valence-corrected chi connectivity index (χ3v) is 3.91. The molecule has 0 aromatic heterocycles. The predicted molar refractivity (Wildman–Crippen MR) is 71.0 cm³/mol. The average molecular weight is 301 g/mol. The minimum absolute atomic E-state index is 0.0592. The number of nitrogens with one attached hydrogen (secondary N) is 1. The van der Waals surface area contributed by atoms with Crippen molar-refractivity contribution >= 4 is 5.91 Å². The van der Waals surface area contributed by atoms with Crippen molar-refractivity contribution in [3.05, 3.63) is 35.1 Å². The molecule has 1 amide bonds. The molecule has 0 radical (unpaired) electrons. The standard InChI is InChI=1S/C15H18F3NO2/c1-2-13(9-6-10(20)7-9)19-14(21)5-8-3-11(16)15(18)12(17)4-8/h3-4,9-10,13,20H,2,5-7H2,1H3,(H,19,21)/t9?,10?,13-/m0/s1. The van der Waals surface area contributed by atoms with E-state index in [1.807, 2.05) is 6.92 Å². The molecule has 1 fully saturated rings. The largest absolute Gasteiger partial charge is 0.393 e. The Morgan fingerprint density at radius 3 is 2.38 bits per heavy atom. The van der Waals surface area contributed by atoms with Gasteiger partial charge in [0.15, 0.2) is 17.5 Å². The van der Waals surface area contributed by atoms with Crippen LogP contribution in [0.15, 0.2) is 12.1 Å². The highest BCUT2D eigenvalue weighted by molar-refractivity contribution is 5.78. The first-order valence-electron chi connectivity index (χ1n) is 7.01. The zero-order chi connectivity index (χ0) is 15.6. The second kappa shape index (κ2) is 6.47. The molecule has 0 saturated heterocycles. The van der Waals surface area contributed by atoms with Crippen LogP contribution >= 0.6 is 0 Å². The van der Waals surface area contributed by atoms with Crippen LogP contribution in [0.4, 0.5) is 13.2 Å². The summed E-state index contributed by atoms with van der Waals surface area (Å²) in [5, 5.41) is 12.1. The second-order valence-corrected chi connectivity index (χ2v) is 5.52. The normalized spacial score (nSPS) is 22.5. The molecule has 0 aliphatic heterocycles. The number of carbonyl (C=O) groups excluding carboxylic acids is 1. The molecule has 116 valence electrons. The van der Waals surface area contributed by atoms with Crippen molar-refractivity contribution in [2.75, 3.05) is 0 Å². The third-order valence-electron chi connectivity index (χ3n) is 3.91. The first-order chi connectivity index (χ1) is 9.90. The molecule has 1 aromatic rings. The van der Waals surface area contributed by atoms with Crippen LogP contribution in [-0.2, 0) is 11.2 Å². The van der Waals surface area contributed by atoms with E-state index < -0.39 is 17.5 Å². The van der Waals surface area contributed by atoms with Gasteiger partial charge in [-0.1, -0.05) is 6.92 Å². The summed E-state index contributed by atoms with van der Waals surface area (Å²) in [4.78, 5) is 11.9. The number of amides is 1. The smallest absolute Gasteiger partial charge is 0.224 e. The van der Waals surface area contributed by atoms with Crippen molar-refractivity contribution in [1.29, 1.82) is 0 Å². The lowest BCUT2D eigenvalue weighted by Crippen LogP contribution is -2.47. The number of carbonyl (C=O) groups is 1. The van der Waals surface area contributed by atoms with Crippen LogP contribution in [0, 0.1) is 23.4 Å². The Labute approximate surface area is 121 Å². The number of hydrogen-bond acceptors (Lipinski definition) is 2. The van der Waals surface area contributed by atoms with Crippen LogP contribution in [0.25, 0.3) is 0 Å². The molecule has 0 spiro atoms. The number of halogens is 3. The lowest BCUT2D eigenvalue weighted by Gasteiger charge is -2.37. The lowest BCUT2D eigenvalue weighted by atomic mass is 9.76. The quantitative estimate of drug-likeness (QED) is 0.820. The van der Waals surface area contributed by atoms with Gasteiger partial charge in [-0.05, 0) is 42.9 Å². The van der Waals surface area contributed by atoms with E-state index in [1.54, 1.807) is 0 Å². The van der Waals surface area contributed by atoms with Gasteiger partial charge in [0.05, 0.1) is 12.5 Å². The molecular weight excluding hydrogens is 283 g/mol. The molecule has 1 aliphatic rings. The monoisotopic (exact) mass is 301 g/mol. The van der Waals surface area contributed by atoms with Gasteiger partial charge in [-0.3, -0.25) is 4.79 Å². The van der Waals surface area contributed by atoms with Crippen molar-refractivity contribution in [3.8, 4) is 0 Å². The van der Waals surface area contributed by atoms with Crippen LogP contribution in [0.5, 0.6) is 0 Å². The molecule has 3 nitrogen and oxygen atoms in total. The van der Waals surface area contributed by atoms with Crippen LogP contribution < -0.4 is 5.32 Å². The third kappa shape index (κ3) is 3.75. The van der Waals surface area contributed by atoms with Crippen molar-refractivity contribution in [3.63, 3.8) is 0 Å². The fourth-order valence-electron chi connectivity index (χ4n) is 2.66. The highest BCUT2D eigenvalue weighted by Crippen LogP contribution is 2.31. The van der Waals surface area contributed by atoms with Gasteiger partial charge in [0, 0.05) is 6.04 Å². The number of aliphatic hydroxyl groups excluding tert-OH is 1. The van der Waals surface area contributed by atoms with Gasteiger partial charge in [-0.15, -0.1) is 0 Å². The molecule has 2 N–H and O–H groups in total. The molecular formula is C15H18F3NO2. The molecule has 1 atom stereocenters. The Bertz CT molecular complexity index is 507. The van der Waals surface area contributed by atoms with E-state index in [1.165, 1.54) is 0 Å². The number of aliphatic hydroxyl groups is 1. The average Bonchev–Trinajstić information content (AvgIpc) is 2.39. The van der Waals surface area contributed by atoms with Gasteiger partial charge >= 0.3 is 0 Å². The maximum atomic E-state index is 13.1. The Morgan fingerprint density at radius 2 is 1.90 bits per heavy atom. The van der Waals surface area contributed by atoms with Crippen molar-refractivity contribution < 1.29 is 23.1 Å². The van der Waals surface area contributed by atoms with E-state index in [2.05, 4.69) is 5.32 Å². The zero-order valence-corrected chi connectivity index (χ0v) is 11.7. The lowest BCUT2D eigenvalue weighted by molar-refractivity contribution is -0.122. The molecule has 21 heavy (non-hydrogen) atoms. The van der Waals surface area contributed by atoms with E-state index in [0.29, 0.717) is 12.8 Å². The Morgan fingerprint density at radius 1 is 1.33 bits per heavy atom. The van der Waals surface area contributed by atoms with Crippen molar-refractivity contribution in [2.24, 2.45) is 5.92 Å². The van der Waals surface area contributed by atoms with Gasteiger partial charge in [0.2, 0.25) is 5.91 Å². The maximum Gasteiger partial charge on any atom is 0.224 e. The first kappa shape index (κ1) is 15.8. The number of benzene rings is 1. The zero-order valence-electron chi connectivity index (χ0n) is 11.7. The first-order valence-corrected chi connectivity index (χ1v) is 7.01. The predicted octanol–water partition coefficient (Wildman–Crippen LogP) is 2.31. The molecule has 1 aromatic carbocycles. The summed E-state index contributed by atoms with van der Waals surface area (Å²) < 4.78 is 39.0. The molecule has 0 unspecified atom stereocenters. The topological polar surface area (TPSA) is 49.3 Å². The van der Waals surface area contributed by atoms with Crippen LogP contribution in [0.3, 0.4) is 0 Å². The van der Waals surface area contributed by atoms with Crippen LogP contribution in [-0.4, -0.2) is 23.2 Å². The van der Waals surface area contributed by atoms with Gasteiger partial charge in [-0.25, -0.2) is 13.2 Å². The fourth-order valence-corrected chi connectivity index (χ4v) is 2.66. The van der Waals surface area contributed by atoms with E-state index in [9.17, 15) is 23.1 Å². The summed E-state index contributed by atoms with van der Waals surface area (Å²) in [5.74, 6) is -4.27. The van der Waals surface area contributed by atoms with Gasteiger partial charge < -0.3 is 10.4 Å². The fraction of sp³-hybridized carbons (Fsp3) is 0.533. The minimum Gasteiger partial charge on any atom is -0.393 e. The molecule has 2 rings (SSSR count). The Hall–Kier alpha value is -1.56. The summed E-state index contributed by atoms with van der Waals surface area (Å²) in [7, 11) is 0. The number of rotatable bonds is 5. The van der Waals surface area contributed by atoms with Crippen molar-refractivity contribution in [2.45, 2.75) is 44.8 Å². The van der Waals surface area contributed by atoms with Gasteiger partial charge in [-0.2, -0.15) is 0 Å². The summed E-state index contributed by atoms with van der Waals surface area (Å²) in [6.07, 6.45) is 1.51. The second-order valence-electron chi connectivity index (χ2n) is 5.52. The summed E-state index contributed by atoms with van der Waals surface area (Å²) in [5.41, 5.74) is 0.0902. The number of hydrogen-bond donors (Lipinski definition) is 2. The van der Waals surface area contributed by atoms with E-state index in [4.69, 9.17) is 0 Å². The van der Waals surface area contributed by atoms with Crippen LogP contribution in [0.1, 0.15) is 31.7 Å².